The van der Waals surface area contributed by atoms with E-state index in [1.165, 1.54) is 7.11 Å². The number of aromatic amines is 2. The molecule has 0 unspecified atom stereocenters. The number of amides is 1. The van der Waals surface area contributed by atoms with Gasteiger partial charge in [0.05, 0.1) is 29.6 Å². The van der Waals surface area contributed by atoms with Crippen LogP contribution in [0.4, 0.5) is 5.69 Å². The fourth-order valence-electron chi connectivity index (χ4n) is 2.32. The SMILES string of the molecule is COc1ccc(NC(=O)Cc2ccc3[nH]c(=O)[nH]c3c2)cc1Cl. The number of ether oxygens (including phenoxy) is 1. The number of H-pyrrole nitrogens is 2. The van der Waals surface area contributed by atoms with Gasteiger partial charge in [-0.05, 0) is 35.9 Å². The third-order valence-corrected chi connectivity index (χ3v) is 3.68. The number of imidazole rings is 1. The number of fused-ring (bicyclic) bond motifs is 1. The minimum absolute atomic E-state index is 0.177. The Labute approximate surface area is 136 Å². The van der Waals surface area contributed by atoms with E-state index in [4.69, 9.17) is 16.3 Å². The van der Waals surface area contributed by atoms with Gasteiger partial charge in [-0.2, -0.15) is 0 Å². The first-order chi connectivity index (χ1) is 11.0. The summed E-state index contributed by atoms with van der Waals surface area (Å²) in [5.41, 5.74) is 2.50. The van der Waals surface area contributed by atoms with E-state index in [0.717, 1.165) is 5.56 Å². The van der Waals surface area contributed by atoms with Crippen LogP contribution in [-0.2, 0) is 11.2 Å². The van der Waals surface area contributed by atoms with Crippen molar-refractivity contribution in [3.63, 3.8) is 0 Å². The van der Waals surface area contributed by atoms with Gasteiger partial charge in [-0.1, -0.05) is 17.7 Å². The average molecular weight is 332 g/mol. The second-order valence-electron chi connectivity index (χ2n) is 5.03. The van der Waals surface area contributed by atoms with Crippen LogP contribution < -0.4 is 15.7 Å². The van der Waals surface area contributed by atoms with Crippen molar-refractivity contribution in [1.29, 1.82) is 0 Å². The molecule has 0 saturated carbocycles. The predicted molar refractivity (Wildman–Crippen MR) is 89.3 cm³/mol. The molecule has 3 rings (SSSR count). The van der Waals surface area contributed by atoms with Gasteiger partial charge in [0.2, 0.25) is 5.91 Å². The predicted octanol–water partition coefficient (Wildman–Crippen LogP) is 2.70. The molecule has 0 bridgehead atoms. The number of aromatic nitrogens is 2. The summed E-state index contributed by atoms with van der Waals surface area (Å²) in [4.78, 5) is 28.7. The zero-order valence-corrected chi connectivity index (χ0v) is 13.0. The van der Waals surface area contributed by atoms with E-state index < -0.39 is 0 Å². The molecular formula is C16H14ClN3O3. The summed E-state index contributed by atoms with van der Waals surface area (Å²) >= 11 is 6.03. The number of hydrogen-bond donors (Lipinski definition) is 3. The lowest BCUT2D eigenvalue weighted by Gasteiger charge is -2.08. The first kappa shape index (κ1) is 15.2. The first-order valence-corrected chi connectivity index (χ1v) is 7.27. The van der Waals surface area contributed by atoms with Crippen molar-refractivity contribution in [2.45, 2.75) is 6.42 Å². The van der Waals surface area contributed by atoms with Crippen molar-refractivity contribution in [3.05, 3.63) is 57.5 Å². The zero-order chi connectivity index (χ0) is 16.4. The lowest BCUT2D eigenvalue weighted by atomic mass is 10.1. The molecular weight excluding hydrogens is 318 g/mol. The fourth-order valence-corrected chi connectivity index (χ4v) is 2.58. The summed E-state index contributed by atoms with van der Waals surface area (Å²) in [6.07, 6.45) is 0.187. The van der Waals surface area contributed by atoms with E-state index in [-0.39, 0.29) is 18.0 Å². The molecule has 0 saturated heterocycles. The molecule has 0 atom stereocenters. The lowest BCUT2D eigenvalue weighted by Crippen LogP contribution is -2.14. The number of carbonyl (C=O) groups excluding carboxylic acids is 1. The molecule has 7 heteroatoms. The van der Waals surface area contributed by atoms with Crippen LogP contribution >= 0.6 is 11.6 Å². The van der Waals surface area contributed by atoms with E-state index in [9.17, 15) is 9.59 Å². The normalized spacial score (nSPS) is 10.7. The first-order valence-electron chi connectivity index (χ1n) is 6.89. The summed E-state index contributed by atoms with van der Waals surface area (Å²) in [6.45, 7) is 0. The van der Waals surface area contributed by atoms with Gasteiger partial charge >= 0.3 is 5.69 Å². The number of rotatable bonds is 4. The lowest BCUT2D eigenvalue weighted by molar-refractivity contribution is -0.115. The Morgan fingerprint density at radius 2 is 1.96 bits per heavy atom. The highest BCUT2D eigenvalue weighted by molar-refractivity contribution is 6.32. The maximum absolute atomic E-state index is 12.1. The molecule has 2 aromatic carbocycles. The van der Waals surface area contributed by atoms with Crippen LogP contribution in [0.15, 0.2) is 41.2 Å². The fraction of sp³-hybridized carbons (Fsp3) is 0.125. The summed E-state index contributed by atoms with van der Waals surface area (Å²) in [5.74, 6) is 0.370. The second kappa shape index (κ2) is 6.18. The van der Waals surface area contributed by atoms with E-state index in [0.29, 0.717) is 27.5 Å². The van der Waals surface area contributed by atoms with Crippen molar-refractivity contribution >= 4 is 34.2 Å². The van der Waals surface area contributed by atoms with Crippen molar-refractivity contribution in [2.24, 2.45) is 0 Å². The van der Waals surface area contributed by atoms with Crippen LogP contribution in [0.1, 0.15) is 5.56 Å². The smallest absolute Gasteiger partial charge is 0.323 e. The Morgan fingerprint density at radius 1 is 1.17 bits per heavy atom. The second-order valence-corrected chi connectivity index (χ2v) is 5.44. The maximum Gasteiger partial charge on any atom is 0.323 e. The van der Waals surface area contributed by atoms with Crippen molar-refractivity contribution in [3.8, 4) is 5.75 Å². The molecule has 0 aliphatic carbocycles. The van der Waals surface area contributed by atoms with Crippen LogP contribution in [-0.4, -0.2) is 23.0 Å². The van der Waals surface area contributed by atoms with Gasteiger partial charge in [0.1, 0.15) is 5.75 Å². The van der Waals surface area contributed by atoms with E-state index in [2.05, 4.69) is 15.3 Å². The molecule has 0 radical (unpaired) electrons. The number of nitrogens with one attached hydrogen (secondary N) is 3. The number of halogens is 1. The number of carbonyl (C=O) groups is 1. The minimum Gasteiger partial charge on any atom is -0.495 e. The molecule has 3 N–H and O–H groups in total. The van der Waals surface area contributed by atoms with Gasteiger partial charge < -0.3 is 20.0 Å². The monoisotopic (exact) mass is 331 g/mol. The maximum atomic E-state index is 12.1. The van der Waals surface area contributed by atoms with E-state index in [1.807, 2.05) is 0 Å². The molecule has 0 fully saturated rings. The molecule has 0 aliphatic rings. The van der Waals surface area contributed by atoms with Crippen LogP contribution in [0.25, 0.3) is 11.0 Å². The number of anilines is 1. The van der Waals surface area contributed by atoms with Gasteiger partial charge in [-0.25, -0.2) is 4.79 Å². The molecule has 6 nitrogen and oxygen atoms in total. The highest BCUT2D eigenvalue weighted by Gasteiger charge is 2.08. The van der Waals surface area contributed by atoms with E-state index >= 15 is 0 Å². The molecule has 1 aromatic heterocycles. The Balaban J connectivity index is 1.72. The molecule has 1 amide bonds. The Kier molecular flexibility index (Phi) is 4.08. The Hall–Kier alpha value is -2.73. The molecule has 1 heterocycles. The van der Waals surface area contributed by atoms with Gasteiger partial charge in [-0.15, -0.1) is 0 Å². The van der Waals surface area contributed by atoms with Crippen LogP contribution in [0.5, 0.6) is 5.75 Å². The van der Waals surface area contributed by atoms with Crippen LogP contribution in [0, 0.1) is 0 Å². The minimum atomic E-state index is -0.269. The van der Waals surface area contributed by atoms with Crippen LogP contribution in [0.2, 0.25) is 5.02 Å². The number of hydrogen-bond acceptors (Lipinski definition) is 3. The largest absolute Gasteiger partial charge is 0.495 e. The molecule has 3 aromatic rings. The van der Waals surface area contributed by atoms with Crippen LogP contribution in [0.3, 0.4) is 0 Å². The summed E-state index contributed by atoms with van der Waals surface area (Å²) in [7, 11) is 1.53. The number of benzene rings is 2. The van der Waals surface area contributed by atoms with Gasteiger partial charge in [-0.3, -0.25) is 4.79 Å². The van der Waals surface area contributed by atoms with Crippen molar-refractivity contribution in [1.82, 2.24) is 9.97 Å². The summed E-state index contributed by atoms with van der Waals surface area (Å²) in [5, 5.41) is 3.20. The summed E-state index contributed by atoms with van der Waals surface area (Å²) in [6, 6.07) is 10.4. The molecule has 0 aliphatic heterocycles. The van der Waals surface area contributed by atoms with Gasteiger partial charge in [0.25, 0.3) is 0 Å². The summed E-state index contributed by atoms with van der Waals surface area (Å²) < 4.78 is 5.07. The highest BCUT2D eigenvalue weighted by Crippen LogP contribution is 2.27. The standard InChI is InChI=1S/C16H14ClN3O3/c1-23-14-5-3-10(8-11(14)17)18-15(21)7-9-2-4-12-13(6-9)20-16(22)19-12/h2-6,8H,7H2,1H3,(H,18,21)(H2,19,20,22). The van der Waals surface area contributed by atoms with E-state index in [1.54, 1.807) is 36.4 Å². The third-order valence-electron chi connectivity index (χ3n) is 3.38. The number of methoxy groups -OCH3 is 1. The zero-order valence-electron chi connectivity index (χ0n) is 12.3. The topological polar surface area (TPSA) is 87.0 Å². The Bertz CT molecular complexity index is 930. The van der Waals surface area contributed by atoms with Gasteiger partial charge in [0, 0.05) is 5.69 Å². The highest BCUT2D eigenvalue weighted by atomic mass is 35.5. The van der Waals surface area contributed by atoms with Crippen molar-refractivity contribution in [2.75, 3.05) is 12.4 Å². The molecule has 118 valence electrons. The Morgan fingerprint density at radius 3 is 2.70 bits per heavy atom. The quantitative estimate of drug-likeness (QED) is 0.687. The third kappa shape index (κ3) is 3.37. The van der Waals surface area contributed by atoms with Crippen molar-refractivity contribution < 1.29 is 9.53 Å². The average Bonchev–Trinajstić information content (AvgIpc) is 2.86. The van der Waals surface area contributed by atoms with Gasteiger partial charge in [0.15, 0.2) is 0 Å². The molecule has 0 spiro atoms. The molecule has 23 heavy (non-hydrogen) atoms.